The van der Waals surface area contributed by atoms with E-state index in [2.05, 4.69) is 0 Å². The molecular weight excluding hydrogens is 364 g/mol. The average molecular weight is 385 g/mol. The summed E-state index contributed by atoms with van der Waals surface area (Å²) in [4.78, 5) is 24.5. The molecule has 0 saturated carbocycles. The first-order valence-electron chi connectivity index (χ1n) is 8.40. The molecule has 0 amide bonds. The number of halogens is 2. The van der Waals surface area contributed by atoms with Gasteiger partial charge >= 0.3 is 11.9 Å². The summed E-state index contributed by atoms with van der Waals surface area (Å²) in [6.07, 6.45) is -0.255. The minimum atomic E-state index is -1.63. The minimum absolute atomic E-state index is 0.0308. The normalized spacial score (nSPS) is 18.5. The van der Waals surface area contributed by atoms with Crippen LogP contribution in [-0.2, 0) is 14.3 Å². The molecule has 0 aliphatic carbocycles. The SMILES string of the molecule is CCC(=C(C(=O)O)C(=O)O)N1c2ccc(F)c(F)c2OC(CC)C1COC. The van der Waals surface area contributed by atoms with E-state index in [1.807, 2.05) is 0 Å². The summed E-state index contributed by atoms with van der Waals surface area (Å²) in [5.74, 6) is -5.96. The fourth-order valence-electron chi connectivity index (χ4n) is 3.26. The summed E-state index contributed by atoms with van der Waals surface area (Å²) in [7, 11) is 1.43. The van der Waals surface area contributed by atoms with Crippen LogP contribution in [-0.4, -0.2) is 48.0 Å². The zero-order valence-electron chi connectivity index (χ0n) is 15.2. The fraction of sp³-hybridized carbons (Fsp3) is 0.444. The van der Waals surface area contributed by atoms with Crippen LogP contribution < -0.4 is 9.64 Å². The third kappa shape index (κ3) is 3.73. The van der Waals surface area contributed by atoms with E-state index in [0.29, 0.717) is 6.42 Å². The number of anilines is 1. The highest BCUT2D eigenvalue weighted by Gasteiger charge is 2.40. The van der Waals surface area contributed by atoms with Gasteiger partial charge in [0.25, 0.3) is 0 Å². The van der Waals surface area contributed by atoms with E-state index in [1.54, 1.807) is 13.8 Å². The Kier molecular flexibility index (Phi) is 6.37. The van der Waals surface area contributed by atoms with E-state index in [1.165, 1.54) is 18.1 Å². The number of aliphatic carboxylic acids is 2. The maximum atomic E-state index is 14.4. The van der Waals surface area contributed by atoms with Crippen molar-refractivity contribution in [2.45, 2.75) is 38.8 Å². The van der Waals surface area contributed by atoms with E-state index in [9.17, 15) is 28.6 Å². The molecule has 27 heavy (non-hydrogen) atoms. The van der Waals surface area contributed by atoms with Crippen molar-refractivity contribution in [3.05, 3.63) is 35.0 Å². The molecule has 0 fully saturated rings. The number of fused-ring (bicyclic) bond motifs is 1. The van der Waals surface area contributed by atoms with Crippen molar-refractivity contribution in [1.29, 1.82) is 0 Å². The quantitative estimate of drug-likeness (QED) is 0.423. The molecule has 2 unspecified atom stereocenters. The standard InChI is InChI=1S/C18H21F2NO6/c1-4-10(14(17(22)23)18(24)25)21-11-7-6-9(19)15(20)16(11)27-13(5-2)12(21)8-26-3/h6-7,12-13H,4-5,8H2,1-3H3,(H,22,23)(H,24,25). The number of rotatable bonds is 7. The molecule has 0 saturated heterocycles. The molecule has 2 atom stereocenters. The van der Waals surface area contributed by atoms with Gasteiger partial charge in [0.1, 0.15) is 6.10 Å². The van der Waals surface area contributed by atoms with Crippen LogP contribution in [0.15, 0.2) is 23.4 Å². The van der Waals surface area contributed by atoms with Gasteiger partial charge in [-0.3, -0.25) is 0 Å². The minimum Gasteiger partial charge on any atom is -0.483 e. The zero-order chi connectivity index (χ0) is 20.3. The van der Waals surface area contributed by atoms with Gasteiger partial charge in [0.15, 0.2) is 17.1 Å². The second kappa shape index (κ2) is 8.34. The Hall–Kier alpha value is -2.68. The zero-order valence-corrected chi connectivity index (χ0v) is 15.2. The first-order valence-corrected chi connectivity index (χ1v) is 8.40. The molecule has 0 spiro atoms. The molecular formula is C18H21F2NO6. The summed E-state index contributed by atoms with van der Waals surface area (Å²) in [5.41, 5.74) is -0.838. The lowest BCUT2D eigenvalue weighted by atomic mass is 9.99. The molecule has 148 valence electrons. The largest absolute Gasteiger partial charge is 0.483 e. The van der Waals surface area contributed by atoms with Crippen LogP contribution in [0, 0.1) is 11.6 Å². The van der Waals surface area contributed by atoms with Crippen molar-refractivity contribution < 1.29 is 38.1 Å². The van der Waals surface area contributed by atoms with Crippen LogP contribution in [0.25, 0.3) is 0 Å². The van der Waals surface area contributed by atoms with Crippen LogP contribution in [0.5, 0.6) is 5.75 Å². The van der Waals surface area contributed by atoms with Gasteiger partial charge in [-0.05, 0) is 25.0 Å². The molecule has 0 aromatic heterocycles. The average Bonchev–Trinajstić information content (AvgIpc) is 2.62. The molecule has 0 bridgehead atoms. The van der Waals surface area contributed by atoms with Gasteiger partial charge < -0.3 is 24.6 Å². The lowest BCUT2D eigenvalue weighted by molar-refractivity contribution is -0.140. The third-order valence-electron chi connectivity index (χ3n) is 4.40. The predicted octanol–water partition coefficient (Wildman–Crippen LogP) is 2.79. The summed E-state index contributed by atoms with van der Waals surface area (Å²) in [5, 5.41) is 18.8. The highest BCUT2D eigenvalue weighted by atomic mass is 19.2. The highest BCUT2D eigenvalue weighted by Crippen LogP contribution is 2.43. The maximum absolute atomic E-state index is 14.4. The van der Waals surface area contributed by atoms with Gasteiger partial charge in [0.05, 0.1) is 18.3 Å². The van der Waals surface area contributed by atoms with Gasteiger partial charge in [-0.15, -0.1) is 0 Å². The van der Waals surface area contributed by atoms with Crippen LogP contribution >= 0.6 is 0 Å². The molecule has 2 rings (SSSR count). The molecule has 1 aromatic carbocycles. The topological polar surface area (TPSA) is 96.3 Å². The number of carboxylic acid groups (broad SMARTS) is 2. The maximum Gasteiger partial charge on any atom is 0.344 e. The number of nitrogens with zero attached hydrogens (tertiary/aromatic N) is 1. The Bertz CT molecular complexity index is 763. The number of carbonyl (C=O) groups is 2. The number of ether oxygens (including phenoxy) is 2. The summed E-state index contributed by atoms with van der Waals surface area (Å²) in [6.45, 7) is 3.41. The Balaban J connectivity index is 2.82. The van der Waals surface area contributed by atoms with E-state index in [4.69, 9.17) is 9.47 Å². The predicted molar refractivity (Wildman–Crippen MR) is 91.8 cm³/mol. The van der Waals surface area contributed by atoms with Gasteiger partial charge in [-0.25, -0.2) is 14.0 Å². The monoisotopic (exact) mass is 385 g/mol. The number of benzene rings is 1. The van der Waals surface area contributed by atoms with Crippen molar-refractivity contribution in [2.24, 2.45) is 0 Å². The lowest BCUT2D eigenvalue weighted by Gasteiger charge is -2.44. The highest BCUT2D eigenvalue weighted by molar-refractivity contribution is 6.13. The molecule has 1 heterocycles. The van der Waals surface area contributed by atoms with Crippen LogP contribution in [0.4, 0.5) is 14.5 Å². The van der Waals surface area contributed by atoms with Gasteiger partial charge in [-0.2, -0.15) is 4.39 Å². The number of allylic oxidation sites excluding steroid dienone is 1. The number of hydrogen-bond acceptors (Lipinski definition) is 5. The fourth-order valence-corrected chi connectivity index (χ4v) is 3.26. The van der Waals surface area contributed by atoms with Crippen LogP contribution in [0.3, 0.4) is 0 Å². The van der Waals surface area contributed by atoms with E-state index in [-0.39, 0.29) is 30.2 Å². The van der Waals surface area contributed by atoms with Crippen LogP contribution in [0.1, 0.15) is 26.7 Å². The second-order valence-electron chi connectivity index (χ2n) is 5.95. The van der Waals surface area contributed by atoms with Crippen molar-refractivity contribution in [3.8, 4) is 5.75 Å². The Morgan fingerprint density at radius 3 is 2.33 bits per heavy atom. The number of methoxy groups -OCH3 is 1. The van der Waals surface area contributed by atoms with E-state index in [0.717, 1.165) is 6.07 Å². The smallest absolute Gasteiger partial charge is 0.344 e. The molecule has 2 N–H and O–H groups in total. The lowest BCUT2D eigenvalue weighted by Crippen LogP contribution is -2.52. The molecule has 1 aliphatic rings. The molecule has 0 radical (unpaired) electrons. The summed E-state index contributed by atoms with van der Waals surface area (Å²) in [6, 6.07) is 1.50. The van der Waals surface area contributed by atoms with Crippen molar-refractivity contribution in [1.82, 2.24) is 0 Å². The Morgan fingerprint density at radius 1 is 1.22 bits per heavy atom. The van der Waals surface area contributed by atoms with Crippen molar-refractivity contribution >= 4 is 17.6 Å². The third-order valence-corrected chi connectivity index (χ3v) is 4.40. The van der Waals surface area contributed by atoms with E-state index >= 15 is 0 Å². The van der Waals surface area contributed by atoms with Gasteiger partial charge in [0.2, 0.25) is 5.82 Å². The molecule has 9 heteroatoms. The second-order valence-corrected chi connectivity index (χ2v) is 5.95. The van der Waals surface area contributed by atoms with Gasteiger partial charge in [0, 0.05) is 12.8 Å². The molecule has 7 nitrogen and oxygen atoms in total. The first kappa shape index (κ1) is 20.6. The van der Waals surface area contributed by atoms with Crippen LogP contribution in [0.2, 0.25) is 0 Å². The Morgan fingerprint density at radius 2 is 1.85 bits per heavy atom. The molecule has 1 aliphatic heterocycles. The van der Waals surface area contributed by atoms with E-state index < -0.39 is 41.3 Å². The van der Waals surface area contributed by atoms with Crippen molar-refractivity contribution in [3.63, 3.8) is 0 Å². The number of carboxylic acids is 2. The number of hydrogen-bond donors (Lipinski definition) is 2. The summed E-state index contributed by atoms with van der Waals surface area (Å²) >= 11 is 0. The van der Waals surface area contributed by atoms with Crippen molar-refractivity contribution in [2.75, 3.05) is 18.6 Å². The Labute approximate surface area is 154 Å². The first-order chi connectivity index (χ1) is 12.8. The summed E-state index contributed by atoms with van der Waals surface area (Å²) < 4.78 is 38.9. The van der Waals surface area contributed by atoms with Gasteiger partial charge in [-0.1, -0.05) is 13.8 Å². The molecule has 1 aromatic rings.